The minimum absolute atomic E-state index is 0.0912. The number of aromatic nitrogens is 2. The molecule has 0 aliphatic rings. The van der Waals surface area contributed by atoms with Crippen molar-refractivity contribution in [1.82, 2.24) is 9.55 Å². The van der Waals surface area contributed by atoms with Gasteiger partial charge in [-0.15, -0.1) is 11.3 Å². The van der Waals surface area contributed by atoms with Gasteiger partial charge in [0.2, 0.25) is 5.91 Å². The fraction of sp³-hybridized carbons (Fsp3) is 0.240. The number of hydrogen-bond donors (Lipinski definition) is 1. The number of aryl methyl sites for hydroxylation is 4. The van der Waals surface area contributed by atoms with Gasteiger partial charge in [-0.1, -0.05) is 59.3 Å². The zero-order valence-corrected chi connectivity index (χ0v) is 20.4. The largest absolute Gasteiger partial charge is 0.325 e. The molecule has 2 aromatic heterocycles. The fourth-order valence-corrected chi connectivity index (χ4v) is 5.53. The van der Waals surface area contributed by atoms with Crippen molar-refractivity contribution in [2.24, 2.45) is 7.05 Å². The van der Waals surface area contributed by atoms with E-state index in [4.69, 9.17) is 4.98 Å². The van der Waals surface area contributed by atoms with Gasteiger partial charge in [0.1, 0.15) is 4.70 Å². The summed E-state index contributed by atoms with van der Waals surface area (Å²) in [6.45, 7) is 8.07. The first-order valence-corrected chi connectivity index (χ1v) is 12.2. The number of fused-ring (bicyclic) bond motifs is 1. The molecule has 5 nitrogen and oxygen atoms in total. The van der Waals surface area contributed by atoms with Crippen LogP contribution in [-0.4, -0.2) is 21.2 Å². The molecule has 0 aliphatic heterocycles. The molecule has 164 valence electrons. The van der Waals surface area contributed by atoms with E-state index >= 15 is 0 Å². The highest BCUT2D eigenvalue weighted by Crippen LogP contribution is 2.32. The summed E-state index contributed by atoms with van der Waals surface area (Å²) in [6, 6.07) is 12.3. The third kappa shape index (κ3) is 4.36. The highest BCUT2D eigenvalue weighted by atomic mass is 32.2. The van der Waals surface area contributed by atoms with Gasteiger partial charge in [-0.2, -0.15) is 0 Å². The maximum Gasteiger partial charge on any atom is 0.271 e. The van der Waals surface area contributed by atoms with Crippen molar-refractivity contribution in [2.75, 3.05) is 11.1 Å². The van der Waals surface area contributed by atoms with Gasteiger partial charge in [-0.3, -0.25) is 14.2 Å². The van der Waals surface area contributed by atoms with Gasteiger partial charge < -0.3 is 5.32 Å². The van der Waals surface area contributed by atoms with Crippen LogP contribution in [-0.2, 0) is 11.8 Å². The van der Waals surface area contributed by atoms with Crippen LogP contribution in [0.25, 0.3) is 21.3 Å². The number of anilines is 1. The number of benzene rings is 2. The van der Waals surface area contributed by atoms with Gasteiger partial charge in [-0.25, -0.2) is 4.98 Å². The molecule has 0 spiro atoms. The van der Waals surface area contributed by atoms with Crippen molar-refractivity contribution in [3.8, 4) is 11.1 Å². The van der Waals surface area contributed by atoms with E-state index in [1.165, 1.54) is 38.8 Å². The van der Waals surface area contributed by atoms with Gasteiger partial charge >= 0.3 is 0 Å². The Bertz CT molecular complexity index is 1360. The molecule has 0 bridgehead atoms. The van der Waals surface area contributed by atoms with Crippen molar-refractivity contribution < 1.29 is 4.79 Å². The Morgan fingerprint density at radius 3 is 2.38 bits per heavy atom. The van der Waals surface area contributed by atoms with E-state index in [0.717, 1.165) is 27.9 Å². The Morgan fingerprint density at radius 2 is 1.72 bits per heavy atom. The van der Waals surface area contributed by atoms with E-state index in [2.05, 4.69) is 29.6 Å². The second-order valence-electron chi connectivity index (χ2n) is 8.06. The topological polar surface area (TPSA) is 64.0 Å². The van der Waals surface area contributed by atoms with E-state index in [0.29, 0.717) is 15.4 Å². The van der Waals surface area contributed by atoms with Crippen LogP contribution in [0.3, 0.4) is 0 Å². The highest BCUT2D eigenvalue weighted by molar-refractivity contribution is 7.99. The Labute approximate surface area is 195 Å². The lowest BCUT2D eigenvalue weighted by molar-refractivity contribution is -0.113. The maximum absolute atomic E-state index is 12.9. The molecular weight excluding hydrogens is 438 g/mol. The quantitative estimate of drug-likeness (QED) is 0.308. The number of carbonyl (C=O) groups excluding carboxylic acids is 1. The molecule has 0 atom stereocenters. The van der Waals surface area contributed by atoms with Crippen LogP contribution >= 0.6 is 23.1 Å². The molecule has 0 fully saturated rings. The van der Waals surface area contributed by atoms with Crippen LogP contribution in [0.2, 0.25) is 0 Å². The molecular formula is C25H25N3O2S2. The monoisotopic (exact) mass is 463 g/mol. The van der Waals surface area contributed by atoms with Crippen LogP contribution < -0.4 is 10.9 Å². The van der Waals surface area contributed by atoms with Crippen LogP contribution in [0.15, 0.2) is 51.7 Å². The predicted octanol–water partition coefficient (Wildman–Crippen LogP) is 5.63. The number of hydrogen-bond acceptors (Lipinski definition) is 5. The molecule has 0 unspecified atom stereocenters. The second-order valence-corrected chi connectivity index (χ2v) is 9.88. The molecule has 0 aliphatic carbocycles. The van der Waals surface area contributed by atoms with Gasteiger partial charge in [0.25, 0.3) is 5.56 Å². The summed E-state index contributed by atoms with van der Waals surface area (Å²) in [6.07, 6.45) is 0. The lowest BCUT2D eigenvalue weighted by Gasteiger charge is -2.13. The Balaban J connectivity index is 1.60. The maximum atomic E-state index is 12.9. The SMILES string of the molecule is Cc1ccc(-c2csc3c(=O)n(C)c(SCC(=O)Nc4c(C)cc(C)cc4C)nc23)cc1. The Kier molecular flexibility index (Phi) is 6.22. The summed E-state index contributed by atoms with van der Waals surface area (Å²) in [5.41, 5.74) is 7.84. The molecule has 4 rings (SSSR count). The van der Waals surface area contributed by atoms with Crippen molar-refractivity contribution >= 4 is 44.9 Å². The molecule has 0 saturated heterocycles. The number of nitrogens with one attached hydrogen (secondary N) is 1. The van der Waals surface area contributed by atoms with Crippen LogP contribution in [0, 0.1) is 27.7 Å². The van der Waals surface area contributed by atoms with Crippen molar-refractivity contribution in [1.29, 1.82) is 0 Å². The van der Waals surface area contributed by atoms with Gasteiger partial charge in [0.15, 0.2) is 5.16 Å². The van der Waals surface area contributed by atoms with Crippen molar-refractivity contribution in [3.05, 3.63) is 74.4 Å². The normalized spacial score (nSPS) is 11.2. The minimum atomic E-state index is -0.122. The highest BCUT2D eigenvalue weighted by Gasteiger charge is 2.17. The molecule has 1 N–H and O–H groups in total. The number of thioether (sulfide) groups is 1. The first kappa shape index (κ1) is 22.3. The zero-order chi connectivity index (χ0) is 23.0. The summed E-state index contributed by atoms with van der Waals surface area (Å²) in [5, 5.41) is 5.52. The smallest absolute Gasteiger partial charge is 0.271 e. The Morgan fingerprint density at radius 1 is 1.06 bits per heavy atom. The minimum Gasteiger partial charge on any atom is -0.325 e. The number of rotatable bonds is 5. The second kappa shape index (κ2) is 8.92. The molecule has 2 heterocycles. The summed E-state index contributed by atoms with van der Waals surface area (Å²) < 4.78 is 2.15. The van der Waals surface area contributed by atoms with Crippen LogP contribution in [0.5, 0.6) is 0 Å². The molecule has 32 heavy (non-hydrogen) atoms. The standard InChI is InChI=1S/C25H25N3O2S2/c1-14-6-8-18(9-7-14)19-12-31-23-22(19)27-25(28(5)24(23)30)32-13-20(29)26-21-16(3)10-15(2)11-17(21)4/h6-12H,13H2,1-5H3,(H,26,29). The van der Waals surface area contributed by atoms with E-state index in [-0.39, 0.29) is 17.2 Å². The molecule has 1 amide bonds. The fourth-order valence-electron chi connectivity index (χ4n) is 3.77. The van der Waals surface area contributed by atoms with E-state index < -0.39 is 0 Å². The van der Waals surface area contributed by atoms with E-state index in [1.807, 2.05) is 45.2 Å². The van der Waals surface area contributed by atoms with Gasteiger partial charge in [-0.05, 0) is 44.4 Å². The molecule has 0 saturated carbocycles. The van der Waals surface area contributed by atoms with E-state index in [9.17, 15) is 9.59 Å². The number of nitrogens with zero attached hydrogens (tertiary/aromatic N) is 2. The van der Waals surface area contributed by atoms with Gasteiger partial charge in [0.05, 0.1) is 11.3 Å². The number of carbonyl (C=O) groups is 1. The van der Waals surface area contributed by atoms with Gasteiger partial charge in [0, 0.05) is 23.7 Å². The van der Waals surface area contributed by atoms with Crippen molar-refractivity contribution in [3.63, 3.8) is 0 Å². The third-order valence-electron chi connectivity index (χ3n) is 5.39. The Hall–Kier alpha value is -2.90. The number of amides is 1. The summed E-state index contributed by atoms with van der Waals surface area (Å²) in [4.78, 5) is 30.4. The molecule has 0 radical (unpaired) electrons. The molecule has 4 aromatic rings. The van der Waals surface area contributed by atoms with Crippen molar-refractivity contribution in [2.45, 2.75) is 32.9 Å². The van der Waals surface area contributed by atoms with Crippen LogP contribution in [0.4, 0.5) is 5.69 Å². The predicted molar refractivity (Wildman–Crippen MR) is 135 cm³/mol. The number of thiophene rings is 1. The summed E-state index contributed by atoms with van der Waals surface area (Å²) >= 11 is 2.68. The first-order chi connectivity index (χ1) is 15.2. The molecule has 2 aromatic carbocycles. The zero-order valence-electron chi connectivity index (χ0n) is 18.8. The molecule has 7 heteroatoms. The van der Waals surface area contributed by atoms with Crippen LogP contribution in [0.1, 0.15) is 22.3 Å². The lowest BCUT2D eigenvalue weighted by Crippen LogP contribution is -2.21. The summed E-state index contributed by atoms with van der Waals surface area (Å²) in [7, 11) is 1.70. The average molecular weight is 464 g/mol. The van der Waals surface area contributed by atoms with E-state index in [1.54, 1.807) is 7.05 Å². The third-order valence-corrected chi connectivity index (χ3v) is 7.38. The summed E-state index contributed by atoms with van der Waals surface area (Å²) in [5.74, 6) is 0.0474. The lowest BCUT2D eigenvalue weighted by atomic mass is 10.1. The first-order valence-electron chi connectivity index (χ1n) is 10.3. The average Bonchev–Trinajstić information content (AvgIpc) is 3.16.